The van der Waals surface area contributed by atoms with Gasteiger partial charge >= 0.3 is 0 Å². The third-order valence-electron chi connectivity index (χ3n) is 1.98. The van der Waals surface area contributed by atoms with Crippen molar-refractivity contribution in [1.29, 1.82) is 0 Å². The molecule has 0 amide bonds. The quantitative estimate of drug-likeness (QED) is 0.506. The Labute approximate surface area is 99.3 Å². The van der Waals surface area contributed by atoms with Crippen LogP contribution in [-0.2, 0) is 0 Å². The van der Waals surface area contributed by atoms with E-state index in [9.17, 15) is 14.6 Å². The fourth-order valence-electron chi connectivity index (χ4n) is 1.17. The van der Waals surface area contributed by atoms with Crippen molar-refractivity contribution in [2.75, 3.05) is 6.54 Å². The summed E-state index contributed by atoms with van der Waals surface area (Å²) < 4.78 is 13.1. The normalized spacial score (nSPS) is 14.0. The second-order valence-corrected chi connectivity index (χ2v) is 3.95. The summed E-state index contributed by atoms with van der Waals surface area (Å²) in [6.45, 7) is -0.249. The van der Waals surface area contributed by atoms with E-state index in [0.717, 1.165) is 0 Å². The van der Waals surface area contributed by atoms with Crippen LogP contribution in [0.15, 0.2) is 27.8 Å². The van der Waals surface area contributed by atoms with Crippen LogP contribution in [0, 0.1) is 5.82 Å². The molecule has 2 atom stereocenters. The summed E-state index contributed by atoms with van der Waals surface area (Å²) in [5.41, 5.74) is 8.40. The van der Waals surface area contributed by atoms with Crippen molar-refractivity contribution in [2.45, 2.75) is 12.2 Å². The highest BCUT2D eigenvalue weighted by atomic mass is 79.9. The first-order valence-corrected chi connectivity index (χ1v) is 5.17. The van der Waals surface area contributed by atoms with Gasteiger partial charge in [-0.05, 0) is 23.2 Å². The van der Waals surface area contributed by atoms with Crippen LogP contribution in [0.25, 0.3) is 10.4 Å². The molecule has 0 aliphatic carbocycles. The van der Waals surface area contributed by atoms with Crippen molar-refractivity contribution in [3.8, 4) is 0 Å². The molecule has 5 nitrogen and oxygen atoms in total. The van der Waals surface area contributed by atoms with Crippen LogP contribution < -0.4 is 0 Å². The standard InChI is InChI=1S/C9H9BrFN3O2/c10-7-3-5(11)1-2-6(7)9(16)8(15)4-13-14-12/h1-3,8-9,15-16H,4H2. The van der Waals surface area contributed by atoms with E-state index in [-0.39, 0.29) is 6.54 Å². The number of azide groups is 1. The molecule has 2 N–H and O–H groups in total. The fourth-order valence-corrected chi connectivity index (χ4v) is 1.75. The molecule has 0 saturated carbocycles. The lowest BCUT2D eigenvalue weighted by atomic mass is 10.0. The van der Waals surface area contributed by atoms with E-state index in [1.807, 2.05) is 0 Å². The summed E-state index contributed by atoms with van der Waals surface area (Å²) in [5.74, 6) is -0.452. The summed E-state index contributed by atoms with van der Waals surface area (Å²) in [7, 11) is 0. The molecule has 0 aliphatic rings. The van der Waals surface area contributed by atoms with E-state index in [1.54, 1.807) is 0 Å². The zero-order chi connectivity index (χ0) is 12.1. The van der Waals surface area contributed by atoms with E-state index in [2.05, 4.69) is 26.0 Å². The van der Waals surface area contributed by atoms with Crippen LogP contribution >= 0.6 is 15.9 Å². The Morgan fingerprint density at radius 2 is 2.19 bits per heavy atom. The van der Waals surface area contributed by atoms with Crippen molar-refractivity contribution in [3.05, 3.63) is 44.5 Å². The lowest BCUT2D eigenvalue weighted by molar-refractivity contribution is 0.0239. The van der Waals surface area contributed by atoms with Gasteiger partial charge in [0.05, 0.1) is 12.6 Å². The second kappa shape index (κ2) is 5.81. The van der Waals surface area contributed by atoms with Gasteiger partial charge in [0.2, 0.25) is 0 Å². The topological polar surface area (TPSA) is 89.2 Å². The van der Waals surface area contributed by atoms with Crippen molar-refractivity contribution >= 4 is 15.9 Å². The maximum Gasteiger partial charge on any atom is 0.124 e. The first-order valence-electron chi connectivity index (χ1n) is 4.38. The van der Waals surface area contributed by atoms with Crippen molar-refractivity contribution in [3.63, 3.8) is 0 Å². The molecule has 16 heavy (non-hydrogen) atoms. The van der Waals surface area contributed by atoms with Crippen LogP contribution in [0.4, 0.5) is 4.39 Å². The monoisotopic (exact) mass is 289 g/mol. The average molecular weight is 290 g/mol. The average Bonchev–Trinajstić information content (AvgIpc) is 2.25. The Hall–Kier alpha value is -1.14. The predicted molar refractivity (Wildman–Crippen MR) is 59.1 cm³/mol. The van der Waals surface area contributed by atoms with E-state index >= 15 is 0 Å². The molecule has 0 saturated heterocycles. The molecular formula is C9H9BrFN3O2. The van der Waals surface area contributed by atoms with Gasteiger partial charge in [-0.3, -0.25) is 0 Å². The van der Waals surface area contributed by atoms with Crippen LogP contribution in [-0.4, -0.2) is 22.9 Å². The van der Waals surface area contributed by atoms with Gasteiger partial charge in [-0.1, -0.05) is 27.1 Å². The summed E-state index contributed by atoms with van der Waals surface area (Å²) in [6.07, 6.45) is -2.46. The summed E-state index contributed by atoms with van der Waals surface area (Å²) in [6, 6.07) is 3.70. The van der Waals surface area contributed by atoms with Gasteiger partial charge in [0, 0.05) is 9.38 Å². The third kappa shape index (κ3) is 3.18. The highest BCUT2D eigenvalue weighted by Gasteiger charge is 2.20. The minimum absolute atomic E-state index is 0.249. The maximum absolute atomic E-state index is 12.8. The Kier molecular flexibility index (Phi) is 4.70. The number of aliphatic hydroxyl groups excluding tert-OH is 2. The number of aliphatic hydroxyl groups is 2. The molecule has 0 spiro atoms. The smallest absolute Gasteiger partial charge is 0.124 e. The zero-order valence-electron chi connectivity index (χ0n) is 8.09. The molecule has 0 aliphatic heterocycles. The Balaban J connectivity index is 2.86. The number of halogens is 2. The van der Waals surface area contributed by atoms with Crippen LogP contribution in [0.1, 0.15) is 11.7 Å². The van der Waals surface area contributed by atoms with Gasteiger partial charge in [0.15, 0.2) is 0 Å². The third-order valence-corrected chi connectivity index (χ3v) is 2.66. The summed E-state index contributed by atoms with van der Waals surface area (Å²) in [4.78, 5) is 2.47. The lowest BCUT2D eigenvalue weighted by Crippen LogP contribution is -2.21. The predicted octanol–water partition coefficient (Wildman–Crippen LogP) is 2.29. The molecule has 86 valence electrons. The molecule has 0 heterocycles. The highest BCUT2D eigenvalue weighted by molar-refractivity contribution is 9.10. The second-order valence-electron chi connectivity index (χ2n) is 3.09. The number of hydrogen-bond acceptors (Lipinski definition) is 3. The van der Waals surface area contributed by atoms with Crippen LogP contribution in [0.2, 0.25) is 0 Å². The van der Waals surface area contributed by atoms with Crippen molar-refractivity contribution < 1.29 is 14.6 Å². The number of nitrogens with zero attached hydrogens (tertiary/aromatic N) is 3. The van der Waals surface area contributed by atoms with Gasteiger partial charge in [-0.25, -0.2) is 4.39 Å². The largest absolute Gasteiger partial charge is 0.390 e. The molecule has 0 bridgehead atoms. The maximum atomic E-state index is 12.8. The number of hydrogen-bond donors (Lipinski definition) is 2. The van der Waals surface area contributed by atoms with Gasteiger partial charge in [0.1, 0.15) is 11.9 Å². The van der Waals surface area contributed by atoms with E-state index in [4.69, 9.17) is 5.53 Å². The SMILES string of the molecule is [N-]=[N+]=NCC(O)C(O)c1ccc(F)cc1Br. The fraction of sp³-hybridized carbons (Fsp3) is 0.333. The van der Waals surface area contributed by atoms with Gasteiger partial charge in [0.25, 0.3) is 0 Å². The van der Waals surface area contributed by atoms with Gasteiger partial charge in [-0.15, -0.1) is 0 Å². The van der Waals surface area contributed by atoms with E-state index < -0.39 is 18.0 Å². The number of benzene rings is 1. The first kappa shape index (κ1) is 12.9. The molecule has 7 heteroatoms. The zero-order valence-corrected chi connectivity index (χ0v) is 9.67. The molecule has 0 aromatic heterocycles. The van der Waals surface area contributed by atoms with Crippen molar-refractivity contribution in [2.24, 2.45) is 5.11 Å². The van der Waals surface area contributed by atoms with E-state index in [0.29, 0.717) is 10.0 Å². The highest BCUT2D eigenvalue weighted by Crippen LogP contribution is 2.26. The Bertz CT molecular complexity index is 423. The molecule has 1 aromatic carbocycles. The van der Waals surface area contributed by atoms with Crippen LogP contribution in [0.3, 0.4) is 0 Å². The minimum Gasteiger partial charge on any atom is -0.390 e. The minimum atomic E-state index is -1.24. The molecular weight excluding hydrogens is 281 g/mol. The van der Waals surface area contributed by atoms with Crippen LogP contribution in [0.5, 0.6) is 0 Å². The molecule has 2 unspecified atom stereocenters. The molecule has 0 fully saturated rings. The molecule has 1 rings (SSSR count). The molecule has 0 radical (unpaired) electrons. The van der Waals surface area contributed by atoms with Crippen molar-refractivity contribution in [1.82, 2.24) is 0 Å². The first-order chi connectivity index (χ1) is 7.56. The Morgan fingerprint density at radius 3 is 2.75 bits per heavy atom. The Morgan fingerprint density at radius 1 is 1.50 bits per heavy atom. The van der Waals surface area contributed by atoms with Gasteiger partial charge < -0.3 is 10.2 Å². The lowest BCUT2D eigenvalue weighted by Gasteiger charge is -2.17. The number of rotatable bonds is 4. The summed E-state index contributed by atoms with van der Waals surface area (Å²) >= 11 is 3.07. The molecule has 1 aromatic rings. The van der Waals surface area contributed by atoms with E-state index in [1.165, 1.54) is 18.2 Å². The van der Waals surface area contributed by atoms with Gasteiger partial charge in [-0.2, -0.15) is 0 Å². The summed E-state index contributed by atoms with van der Waals surface area (Å²) in [5, 5.41) is 22.3.